The summed E-state index contributed by atoms with van der Waals surface area (Å²) in [5.41, 5.74) is 14.6. The van der Waals surface area contributed by atoms with Gasteiger partial charge in [-0.1, -0.05) is 24.3 Å². The number of fused-ring (bicyclic) bond motifs is 1. The van der Waals surface area contributed by atoms with E-state index in [1.54, 1.807) is 16.8 Å². The Hall–Kier alpha value is -4.59. The molecule has 2 heterocycles. The van der Waals surface area contributed by atoms with Gasteiger partial charge in [-0.2, -0.15) is 10.2 Å². The average molecular weight is 410 g/mol. The molecule has 152 valence electrons. The Bertz CT molecular complexity index is 1440. The molecule has 5 aromatic rings. The first-order chi connectivity index (χ1) is 15.1. The van der Waals surface area contributed by atoms with Crippen molar-refractivity contribution in [3.63, 3.8) is 0 Å². The van der Waals surface area contributed by atoms with Crippen LogP contribution in [0.3, 0.4) is 0 Å². The summed E-state index contributed by atoms with van der Waals surface area (Å²) < 4.78 is 7.53. The smallest absolute Gasteiger partial charge is 0.292 e. The zero-order valence-corrected chi connectivity index (χ0v) is 16.3. The normalized spacial score (nSPS) is 11.0. The first kappa shape index (κ1) is 18.4. The fraction of sp³-hybridized carbons (Fsp3) is 0. The predicted octanol–water partition coefficient (Wildman–Crippen LogP) is 3.73. The number of nitrogens with two attached hydrogens (primary N) is 2. The van der Waals surface area contributed by atoms with E-state index < -0.39 is 5.56 Å². The molecule has 5 rings (SSSR count). The second-order valence-electron chi connectivity index (χ2n) is 6.96. The van der Waals surface area contributed by atoms with Crippen molar-refractivity contribution in [2.24, 2.45) is 0 Å². The lowest BCUT2D eigenvalue weighted by molar-refractivity contribution is 0.483. The Kier molecular flexibility index (Phi) is 4.37. The van der Waals surface area contributed by atoms with E-state index in [-0.39, 0.29) is 11.3 Å². The van der Waals surface area contributed by atoms with E-state index in [1.807, 2.05) is 66.7 Å². The zero-order valence-electron chi connectivity index (χ0n) is 16.3. The van der Waals surface area contributed by atoms with Crippen LogP contribution in [0.25, 0.3) is 27.8 Å². The van der Waals surface area contributed by atoms with Gasteiger partial charge in [0.2, 0.25) is 0 Å². The number of nitrogens with one attached hydrogen (secondary N) is 1. The van der Waals surface area contributed by atoms with E-state index in [0.717, 1.165) is 11.3 Å². The third-order valence-electron chi connectivity index (χ3n) is 4.86. The van der Waals surface area contributed by atoms with Crippen molar-refractivity contribution in [1.29, 1.82) is 0 Å². The molecule has 0 saturated carbocycles. The lowest BCUT2D eigenvalue weighted by Gasteiger charge is -2.10. The zero-order chi connectivity index (χ0) is 21.4. The molecule has 8 heteroatoms. The Morgan fingerprint density at radius 3 is 2.35 bits per heavy atom. The van der Waals surface area contributed by atoms with Gasteiger partial charge >= 0.3 is 0 Å². The van der Waals surface area contributed by atoms with Crippen molar-refractivity contribution >= 4 is 22.4 Å². The van der Waals surface area contributed by atoms with Crippen LogP contribution in [0, 0.1) is 0 Å². The lowest BCUT2D eigenvalue weighted by atomic mass is 10.1. The SMILES string of the molecule is Nc1cccc(-n2nc3c(=O)[nH]nc(N)c3c2-c2ccc(Oc3ccccc3)cc2)c1. The van der Waals surface area contributed by atoms with Gasteiger partial charge in [0, 0.05) is 11.3 Å². The minimum atomic E-state index is -0.419. The molecule has 2 aromatic heterocycles. The van der Waals surface area contributed by atoms with Crippen molar-refractivity contribution in [2.75, 3.05) is 11.5 Å². The monoisotopic (exact) mass is 410 g/mol. The molecule has 0 spiro atoms. The van der Waals surface area contributed by atoms with Gasteiger partial charge < -0.3 is 16.2 Å². The molecule has 0 bridgehead atoms. The van der Waals surface area contributed by atoms with E-state index in [9.17, 15) is 4.79 Å². The number of aromatic nitrogens is 4. The van der Waals surface area contributed by atoms with Gasteiger partial charge in [0.1, 0.15) is 11.5 Å². The van der Waals surface area contributed by atoms with Crippen molar-refractivity contribution in [3.05, 3.63) is 89.2 Å². The van der Waals surface area contributed by atoms with E-state index >= 15 is 0 Å². The number of ether oxygens (including phenoxy) is 1. The molecule has 0 saturated heterocycles. The molecule has 31 heavy (non-hydrogen) atoms. The highest BCUT2D eigenvalue weighted by Gasteiger charge is 2.20. The van der Waals surface area contributed by atoms with Crippen molar-refractivity contribution < 1.29 is 4.74 Å². The molecule has 3 aromatic carbocycles. The second kappa shape index (κ2) is 7.34. The largest absolute Gasteiger partial charge is 0.457 e. The average Bonchev–Trinajstić information content (AvgIpc) is 3.20. The summed E-state index contributed by atoms with van der Waals surface area (Å²) in [6, 6.07) is 24.2. The summed E-state index contributed by atoms with van der Waals surface area (Å²) in [7, 11) is 0. The van der Waals surface area contributed by atoms with Gasteiger partial charge in [0.15, 0.2) is 11.3 Å². The maximum absolute atomic E-state index is 12.4. The van der Waals surface area contributed by atoms with Gasteiger partial charge in [0.25, 0.3) is 5.56 Å². The lowest BCUT2D eigenvalue weighted by Crippen LogP contribution is -2.10. The van der Waals surface area contributed by atoms with Crippen LogP contribution >= 0.6 is 0 Å². The van der Waals surface area contributed by atoms with E-state index in [2.05, 4.69) is 15.3 Å². The number of nitrogen functional groups attached to an aromatic ring is 2. The van der Waals surface area contributed by atoms with Crippen LogP contribution in [0.5, 0.6) is 11.5 Å². The molecular weight excluding hydrogens is 392 g/mol. The first-order valence-electron chi connectivity index (χ1n) is 9.56. The van der Waals surface area contributed by atoms with Crippen LogP contribution in [0.2, 0.25) is 0 Å². The van der Waals surface area contributed by atoms with Crippen LogP contribution < -0.4 is 21.8 Å². The van der Waals surface area contributed by atoms with E-state index in [4.69, 9.17) is 16.2 Å². The molecule has 8 nitrogen and oxygen atoms in total. The van der Waals surface area contributed by atoms with Crippen LogP contribution in [-0.2, 0) is 0 Å². The van der Waals surface area contributed by atoms with E-state index in [0.29, 0.717) is 28.2 Å². The minimum absolute atomic E-state index is 0.185. The summed E-state index contributed by atoms with van der Waals surface area (Å²) in [5.74, 6) is 1.60. The molecule has 0 unspecified atom stereocenters. The highest BCUT2D eigenvalue weighted by atomic mass is 16.5. The summed E-state index contributed by atoms with van der Waals surface area (Å²) in [6.07, 6.45) is 0. The molecule has 5 N–H and O–H groups in total. The molecular formula is C23H18N6O2. The highest BCUT2D eigenvalue weighted by Crippen LogP contribution is 2.34. The molecule has 0 aliphatic rings. The number of hydrogen-bond donors (Lipinski definition) is 3. The number of rotatable bonds is 4. The van der Waals surface area contributed by atoms with Gasteiger partial charge in [-0.05, 0) is 54.6 Å². The topological polar surface area (TPSA) is 125 Å². The van der Waals surface area contributed by atoms with Crippen molar-refractivity contribution in [2.45, 2.75) is 0 Å². The summed E-state index contributed by atoms with van der Waals surface area (Å²) in [5, 5.41) is 11.3. The maximum atomic E-state index is 12.4. The molecule has 0 aliphatic heterocycles. The third-order valence-corrected chi connectivity index (χ3v) is 4.86. The van der Waals surface area contributed by atoms with Crippen LogP contribution in [0.15, 0.2) is 83.7 Å². The Labute approximate surface area is 176 Å². The quantitative estimate of drug-likeness (QED) is 0.388. The van der Waals surface area contributed by atoms with Crippen molar-refractivity contribution in [1.82, 2.24) is 20.0 Å². The minimum Gasteiger partial charge on any atom is -0.457 e. The fourth-order valence-corrected chi connectivity index (χ4v) is 3.45. The van der Waals surface area contributed by atoms with Gasteiger partial charge in [-0.15, -0.1) is 0 Å². The van der Waals surface area contributed by atoms with Gasteiger partial charge in [-0.3, -0.25) is 4.79 Å². The Morgan fingerprint density at radius 1 is 0.871 bits per heavy atom. The fourth-order valence-electron chi connectivity index (χ4n) is 3.45. The standard InChI is InChI=1S/C23H18N6O2/c24-15-5-4-6-16(13-15)29-21(19-20(28-29)23(30)27-26-22(19)25)14-9-11-18(12-10-14)31-17-7-2-1-3-8-17/h1-13H,24H2,(H2,25,26)(H,27,30). The predicted molar refractivity (Wildman–Crippen MR) is 120 cm³/mol. The molecule has 0 radical (unpaired) electrons. The van der Waals surface area contributed by atoms with Crippen LogP contribution in [0.4, 0.5) is 11.5 Å². The Morgan fingerprint density at radius 2 is 1.61 bits per heavy atom. The number of hydrogen-bond acceptors (Lipinski definition) is 6. The van der Waals surface area contributed by atoms with Gasteiger partial charge in [-0.25, -0.2) is 9.78 Å². The number of para-hydroxylation sites is 1. The molecule has 0 atom stereocenters. The van der Waals surface area contributed by atoms with Crippen molar-refractivity contribution in [3.8, 4) is 28.4 Å². The summed E-state index contributed by atoms with van der Waals surface area (Å²) in [6.45, 7) is 0. The van der Waals surface area contributed by atoms with E-state index in [1.165, 1.54) is 0 Å². The van der Waals surface area contributed by atoms with Crippen LogP contribution in [-0.4, -0.2) is 20.0 Å². The van der Waals surface area contributed by atoms with Crippen LogP contribution in [0.1, 0.15) is 0 Å². The number of benzene rings is 3. The molecule has 0 aliphatic carbocycles. The highest BCUT2D eigenvalue weighted by molar-refractivity contribution is 6.00. The number of nitrogens with zero attached hydrogens (tertiary/aromatic N) is 3. The number of H-pyrrole nitrogens is 1. The molecule has 0 amide bonds. The number of anilines is 2. The summed E-state index contributed by atoms with van der Waals surface area (Å²) >= 11 is 0. The summed E-state index contributed by atoms with van der Waals surface area (Å²) in [4.78, 5) is 12.4. The first-order valence-corrected chi connectivity index (χ1v) is 9.56. The third kappa shape index (κ3) is 3.36. The maximum Gasteiger partial charge on any atom is 0.292 e. The number of aromatic amines is 1. The molecule has 0 fully saturated rings. The van der Waals surface area contributed by atoms with Gasteiger partial charge in [0.05, 0.1) is 16.8 Å². The second-order valence-corrected chi connectivity index (χ2v) is 6.96. The Balaban J connectivity index is 1.67.